The number of benzene rings is 2. The number of fused-ring (bicyclic) bond motifs is 5. The van der Waals surface area contributed by atoms with Crippen molar-refractivity contribution < 1.29 is 19.1 Å². The summed E-state index contributed by atoms with van der Waals surface area (Å²) < 4.78 is 11.8. The molecule has 1 aliphatic carbocycles. The lowest BCUT2D eigenvalue weighted by molar-refractivity contribution is -0.131. The molecule has 2 heterocycles. The van der Waals surface area contributed by atoms with E-state index in [-0.39, 0.29) is 30.0 Å². The summed E-state index contributed by atoms with van der Waals surface area (Å²) in [6, 6.07) is 16.6. The number of nitrogens with zero attached hydrogens (tertiary/aromatic N) is 1. The van der Waals surface area contributed by atoms with E-state index in [0.29, 0.717) is 44.9 Å². The van der Waals surface area contributed by atoms with E-state index in [1.165, 1.54) is 54.4 Å². The number of allylic oxidation sites excluding steroid dienone is 1. The molecule has 5 rings (SSSR count). The average molecular weight is 530 g/mol. The lowest BCUT2D eigenvalue weighted by Gasteiger charge is -2.47. The number of Topliss-reactive ketones (excluding diaryl/α,β-unsaturated/α-hetero) is 1. The van der Waals surface area contributed by atoms with Gasteiger partial charge in [0.05, 0.1) is 25.3 Å². The van der Waals surface area contributed by atoms with Crippen LogP contribution in [0.3, 0.4) is 0 Å². The molecule has 2 saturated heterocycles. The molecule has 0 radical (unpaired) electrons. The summed E-state index contributed by atoms with van der Waals surface area (Å²) in [4.78, 5) is 28.3. The number of ether oxygens (including phenoxy) is 2. The van der Waals surface area contributed by atoms with Gasteiger partial charge in [0.1, 0.15) is 12.4 Å². The van der Waals surface area contributed by atoms with Crippen molar-refractivity contribution in [1.29, 1.82) is 0 Å². The Bertz CT molecular complexity index is 1080. The Balaban J connectivity index is 1.10. The first-order valence-electron chi connectivity index (χ1n) is 15.0. The Labute approximate surface area is 233 Å². The van der Waals surface area contributed by atoms with Crippen LogP contribution in [-0.4, -0.2) is 48.7 Å². The largest absolute Gasteiger partial charge is 0.448 e. The summed E-state index contributed by atoms with van der Waals surface area (Å²) in [5.74, 6) is 0.439. The first kappa shape index (κ1) is 27.6. The van der Waals surface area contributed by atoms with E-state index in [1.807, 2.05) is 11.0 Å². The average Bonchev–Trinajstić information content (AvgIpc) is 3.28. The van der Waals surface area contributed by atoms with Gasteiger partial charge in [0.15, 0.2) is 0 Å². The zero-order valence-corrected chi connectivity index (χ0v) is 23.2. The van der Waals surface area contributed by atoms with Crippen LogP contribution in [0.4, 0.5) is 4.79 Å². The monoisotopic (exact) mass is 529 g/mol. The zero-order chi connectivity index (χ0) is 27.0. The number of unbranched alkanes of at least 4 members (excludes halogenated alkanes) is 7. The van der Waals surface area contributed by atoms with Crippen molar-refractivity contribution in [2.45, 2.75) is 88.6 Å². The highest BCUT2D eigenvalue weighted by Crippen LogP contribution is 2.44. The fourth-order valence-corrected chi connectivity index (χ4v) is 6.82. The fourth-order valence-electron chi connectivity index (χ4n) is 6.82. The highest BCUT2D eigenvalue weighted by atomic mass is 16.6. The molecule has 0 aromatic heterocycles. The van der Waals surface area contributed by atoms with Gasteiger partial charge in [-0.15, -0.1) is 6.58 Å². The van der Waals surface area contributed by atoms with Crippen molar-refractivity contribution in [3.63, 3.8) is 0 Å². The van der Waals surface area contributed by atoms with Gasteiger partial charge < -0.3 is 9.47 Å². The number of hydrogen-bond acceptors (Lipinski definition) is 4. The molecule has 0 spiro atoms. The Morgan fingerprint density at radius 3 is 2.03 bits per heavy atom. The van der Waals surface area contributed by atoms with Gasteiger partial charge in [0.2, 0.25) is 0 Å². The highest BCUT2D eigenvalue weighted by Gasteiger charge is 2.44. The molecule has 0 N–H and O–H groups in total. The molecule has 208 valence electrons. The molecule has 2 aromatic rings. The third-order valence-corrected chi connectivity index (χ3v) is 8.85. The Kier molecular flexibility index (Phi) is 9.52. The minimum Gasteiger partial charge on any atom is -0.448 e. The smallest absolute Gasteiger partial charge is 0.410 e. The second kappa shape index (κ2) is 13.4. The number of piperidine rings is 1. The van der Waals surface area contributed by atoms with Crippen LogP contribution < -0.4 is 0 Å². The van der Waals surface area contributed by atoms with Crippen LogP contribution in [0.25, 0.3) is 11.1 Å². The summed E-state index contributed by atoms with van der Waals surface area (Å²) in [7, 11) is 0. The molecule has 2 bridgehead atoms. The van der Waals surface area contributed by atoms with Gasteiger partial charge in [-0.3, -0.25) is 9.69 Å². The van der Waals surface area contributed by atoms with Crippen LogP contribution in [0, 0.1) is 5.92 Å². The van der Waals surface area contributed by atoms with E-state index >= 15 is 0 Å². The van der Waals surface area contributed by atoms with Crippen molar-refractivity contribution in [3.05, 3.63) is 72.3 Å². The third-order valence-electron chi connectivity index (χ3n) is 8.85. The lowest BCUT2D eigenvalue weighted by Crippen LogP contribution is -2.60. The SMILES string of the molecule is C=CCCCCCCCCCC(=O)C1CC2COCC(C1)N2C(=O)OCC1c2ccccc2-c2ccccc21. The molecule has 2 fully saturated rings. The van der Waals surface area contributed by atoms with Crippen molar-refractivity contribution in [2.75, 3.05) is 19.8 Å². The fraction of sp³-hybridized carbons (Fsp3) is 0.529. The maximum absolute atomic E-state index is 13.4. The molecule has 2 atom stereocenters. The topological polar surface area (TPSA) is 55.8 Å². The predicted molar refractivity (Wildman–Crippen MR) is 155 cm³/mol. The molecular weight excluding hydrogens is 486 g/mol. The van der Waals surface area contributed by atoms with Gasteiger partial charge in [0.25, 0.3) is 0 Å². The predicted octanol–water partition coefficient (Wildman–Crippen LogP) is 7.68. The number of rotatable bonds is 13. The second-order valence-corrected chi connectivity index (χ2v) is 11.5. The van der Waals surface area contributed by atoms with Gasteiger partial charge in [-0.1, -0.05) is 86.7 Å². The van der Waals surface area contributed by atoms with Gasteiger partial charge in [-0.25, -0.2) is 4.79 Å². The summed E-state index contributed by atoms with van der Waals surface area (Å²) in [5.41, 5.74) is 4.88. The Morgan fingerprint density at radius 1 is 0.846 bits per heavy atom. The number of carbonyl (C=O) groups excluding carboxylic acids is 2. The Morgan fingerprint density at radius 2 is 1.41 bits per heavy atom. The van der Waals surface area contributed by atoms with E-state index in [1.54, 1.807) is 0 Å². The first-order valence-corrected chi connectivity index (χ1v) is 15.0. The number of morpholine rings is 1. The van der Waals surface area contributed by atoms with Crippen LogP contribution in [0.5, 0.6) is 0 Å². The summed E-state index contributed by atoms with van der Waals surface area (Å²) in [6.07, 6.45) is 13.2. The standard InChI is InChI=1S/C34H43NO4/c1-2-3-4-5-6-7-8-9-10-19-33(36)25-20-26-22-38-23-27(21-25)35(26)34(37)39-24-32-30-17-13-11-15-28(30)29-16-12-14-18-31(29)32/h2,11-18,25-27,32H,1,3-10,19-24H2. The minimum absolute atomic E-state index is 0.0282. The van der Waals surface area contributed by atoms with E-state index in [0.717, 1.165) is 19.3 Å². The van der Waals surface area contributed by atoms with E-state index in [9.17, 15) is 9.59 Å². The minimum atomic E-state index is -0.269. The van der Waals surface area contributed by atoms with E-state index < -0.39 is 0 Å². The number of hydrogen-bond donors (Lipinski definition) is 0. The molecule has 5 nitrogen and oxygen atoms in total. The zero-order valence-electron chi connectivity index (χ0n) is 23.2. The van der Waals surface area contributed by atoms with Crippen molar-refractivity contribution in [2.24, 2.45) is 5.92 Å². The molecule has 0 saturated carbocycles. The molecule has 5 heteroatoms. The molecule has 3 aliphatic rings. The van der Waals surface area contributed by atoms with Crippen molar-refractivity contribution in [1.82, 2.24) is 4.90 Å². The molecule has 39 heavy (non-hydrogen) atoms. The van der Waals surface area contributed by atoms with Crippen molar-refractivity contribution >= 4 is 11.9 Å². The second-order valence-electron chi connectivity index (χ2n) is 11.5. The van der Waals surface area contributed by atoms with Gasteiger partial charge in [-0.2, -0.15) is 0 Å². The molecule has 2 aliphatic heterocycles. The quantitative estimate of drug-likeness (QED) is 0.197. The van der Waals surface area contributed by atoms with Gasteiger partial charge >= 0.3 is 6.09 Å². The van der Waals surface area contributed by atoms with Crippen molar-refractivity contribution in [3.8, 4) is 11.1 Å². The van der Waals surface area contributed by atoms with Gasteiger partial charge in [0, 0.05) is 18.3 Å². The normalized spacial score (nSPS) is 21.7. The first-order chi connectivity index (χ1) is 19.2. The highest BCUT2D eigenvalue weighted by molar-refractivity contribution is 5.82. The third kappa shape index (κ3) is 6.46. The molecule has 2 unspecified atom stereocenters. The van der Waals surface area contributed by atoms with Crippen LogP contribution in [0.2, 0.25) is 0 Å². The van der Waals surface area contributed by atoms with Crippen LogP contribution in [0.1, 0.15) is 87.7 Å². The molecular formula is C34H43NO4. The number of amides is 1. The van der Waals surface area contributed by atoms with E-state index in [2.05, 4.69) is 55.1 Å². The maximum atomic E-state index is 13.4. The van der Waals surface area contributed by atoms with Crippen LogP contribution >= 0.6 is 0 Å². The van der Waals surface area contributed by atoms with Gasteiger partial charge in [-0.05, 0) is 54.4 Å². The van der Waals surface area contributed by atoms with E-state index in [4.69, 9.17) is 9.47 Å². The maximum Gasteiger partial charge on any atom is 0.410 e. The molecule has 2 aromatic carbocycles. The Hall–Kier alpha value is -2.92. The number of ketones is 1. The summed E-state index contributed by atoms with van der Waals surface area (Å²) in [6.45, 7) is 5.06. The number of carbonyl (C=O) groups is 2. The summed E-state index contributed by atoms with van der Waals surface area (Å²) >= 11 is 0. The summed E-state index contributed by atoms with van der Waals surface area (Å²) in [5, 5.41) is 0. The lowest BCUT2D eigenvalue weighted by atomic mass is 9.81. The molecule has 1 amide bonds. The van der Waals surface area contributed by atoms with Crippen LogP contribution in [-0.2, 0) is 14.3 Å². The van der Waals surface area contributed by atoms with Crippen LogP contribution in [0.15, 0.2) is 61.2 Å².